The molecule has 0 radical (unpaired) electrons. The monoisotopic (exact) mass is 516 g/mol. The van der Waals surface area contributed by atoms with Crippen LogP contribution < -0.4 is 21.3 Å². The van der Waals surface area contributed by atoms with Crippen LogP contribution in [0.2, 0.25) is 0 Å². The van der Waals surface area contributed by atoms with E-state index in [1.807, 2.05) is 12.3 Å². The van der Waals surface area contributed by atoms with Crippen molar-refractivity contribution >= 4 is 0 Å². The van der Waals surface area contributed by atoms with Gasteiger partial charge in [-0.05, 0) is 61.2 Å². The molecule has 1 aliphatic carbocycles. The second-order valence-electron chi connectivity index (χ2n) is 11.5. The molecule has 3 heterocycles. The molecule has 1 saturated heterocycles. The Hall–Kier alpha value is -2.38. The number of nitrogens with zero attached hydrogens (tertiary/aromatic N) is 2. The summed E-state index contributed by atoms with van der Waals surface area (Å²) in [5.41, 5.74) is 4.12. The molecular weight excluding hydrogens is 468 g/mol. The van der Waals surface area contributed by atoms with Crippen molar-refractivity contribution in [1.29, 1.82) is 0 Å². The molecular formula is C32H48N6. The molecule has 6 nitrogen and oxygen atoms in total. The van der Waals surface area contributed by atoms with Gasteiger partial charge in [0, 0.05) is 64.2 Å². The molecule has 206 valence electrons. The molecule has 1 saturated carbocycles. The van der Waals surface area contributed by atoms with E-state index in [0.717, 1.165) is 64.4 Å². The van der Waals surface area contributed by atoms with Crippen molar-refractivity contribution in [3.05, 3.63) is 83.7 Å². The second kappa shape index (κ2) is 14.7. The van der Waals surface area contributed by atoms with Gasteiger partial charge in [-0.2, -0.15) is 0 Å². The van der Waals surface area contributed by atoms with Crippen molar-refractivity contribution in [2.24, 2.45) is 5.92 Å². The second-order valence-corrected chi connectivity index (χ2v) is 11.5. The molecule has 2 fully saturated rings. The Bertz CT molecular complexity index is 961. The van der Waals surface area contributed by atoms with E-state index in [-0.39, 0.29) is 0 Å². The maximum Gasteiger partial charge on any atom is 0.0566 e. The molecule has 4 aliphatic rings. The minimum atomic E-state index is 0.375. The predicted octanol–water partition coefficient (Wildman–Crippen LogP) is 3.86. The van der Waals surface area contributed by atoms with E-state index in [4.69, 9.17) is 0 Å². The Kier molecular flexibility index (Phi) is 10.5. The lowest BCUT2D eigenvalue weighted by Crippen LogP contribution is -2.42. The highest BCUT2D eigenvalue weighted by molar-refractivity contribution is 5.23. The third-order valence-corrected chi connectivity index (χ3v) is 8.51. The first kappa shape index (κ1) is 27.2. The largest absolute Gasteiger partial charge is 0.384 e. The summed E-state index contributed by atoms with van der Waals surface area (Å²) in [5.74, 6) is 1.01. The Morgan fingerprint density at radius 1 is 0.974 bits per heavy atom. The van der Waals surface area contributed by atoms with Crippen molar-refractivity contribution < 1.29 is 0 Å². The molecule has 3 aliphatic heterocycles. The first-order chi connectivity index (χ1) is 18.8. The van der Waals surface area contributed by atoms with Gasteiger partial charge < -0.3 is 16.0 Å². The fourth-order valence-corrected chi connectivity index (χ4v) is 6.02. The quantitative estimate of drug-likeness (QED) is 0.210. The standard InChI is InChI=1S/C32H48N6/c1-3-16-35-30(9-1)22-33-18-20-37(26-34-23-31-10-2-4-17-36-31)24-28-12-14-29(15-13-28)25-38-19-6-11-32(38)21-27-7-5-8-27/h1-4,9-10,12-16,27,30,32-36H,5-8,11,17-26H2/t30?,32-/m0/s1. The Labute approximate surface area is 230 Å². The van der Waals surface area contributed by atoms with Crippen LogP contribution in [-0.4, -0.2) is 67.8 Å². The molecule has 0 amide bonds. The molecule has 5 rings (SSSR count). The maximum atomic E-state index is 3.65. The van der Waals surface area contributed by atoms with Gasteiger partial charge >= 0.3 is 0 Å². The van der Waals surface area contributed by atoms with Crippen LogP contribution in [-0.2, 0) is 13.1 Å². The van der Waals surface area contributed by atoms with Gasteiger partial charge in [-0.15, -0.1) is 0 Å². The third kappa shape index (κ3) is 8.57. The van der Waals surface area contributed by atoms with Crippen LogP contribution >= 0.6 is 0 Å². The van der Waals surface area contributed by atoms with Gasteiger partial charge in [0.2, 0.25) is 0 Å². The van der Waals surface area contributed by atoms with Crippen molar-refractivity contribution in [3.8, 4) is 0 Å². The first-order valence-corrected chi connectivity index (χ1v) is 15.0. The van der Waals surface area contributed by atoms with Crippen molar-refractivity contribution in [2.45, 2.75) is 63.7 Å². The lowest BCUT2D eigenvalue weighted by molar-refractivity contribution is 0.175. The average molecular weight is 517 g/mol. The Morgan fingerprint density at radius 2 is 1.87 bits per heavy atom. The highest BCUT2D eigenvalue weighted by atomic mass is 15.2. The van der Waals surface area contributed by atoms with E-state index in [1.165, 1.54) is 61.9 Å². The summed E-state index contributed by atoms with van der Waals surface area (Å²) >= 11 is 0. The Morgan fingerprint density at radius 3 is 2.63 bits per heavy atom. The highest BCUT2D eigenvalue weighted by Crippen LogP contribution is 2.35. The number of rotatable bonds is 15. The number of benzene rings is 1. The number of hydrogen-bond donors (Lipinski definition) is 4. The molecule has 0 spiro atoms. The zero-order valence-electron chi connectivity index (χ0n) is 23.1. The number of hydrogen-bond acceptors (Lipinski definition) is 6. The minimum absolute atomic E-state index is 0.375. The van der Waals surface area contributed by atoms with Crippen LogP contribution in [0.15, 0.2) is 72.6 Å². The van der Waals surface area contributed by atoms with Crippen LogP contribution in [0.4, 0.5) is 0 Å². The van der Waals surface area contributed by atoms with Crippen molar-refractivity contribution in [2.75, 3.05) is 45.9 Å². The van der Waals surface area contributed by atoms with Crippen molar-refractivity contribution in [1.82, 2.24) is 31.1 Å². The van der Waals surface area contributed by atoms with Crippen molar-refractivity contribution in [3.63, 3.8) is 0 Å². The molecule has 4 N–H and O–H groups in total. The normalized spacial score (nSPS) is 23.3. The summed E-state index contributed by atoms with van der Waals surface area (Å²) in [5, 5.41) is 14.1. The van der Waals surface area contributed by atoms with Crippen LogP contribution in [0.5, 0.6) is 0 Å². The summed E-state index contributed by atoms with van der Waals surface area (Å²) in [7, 11) is 0. The summed E-state index contributed by atoms with van der Waals surface area (Å²) in [6.07, 6.45) is 23.4. The van der Waals surface area contributed by atoms with Crippen LogP contribution in [0.1, 0.15) is 49.7 Å². The fraction of sp³-hybridized carbons (Fsp3) is 0.562. The number of dihydropyridines is 2. The van der Waals surface area contributed by atoms with Gasteiger partial charge in [0.1, 0.15) is 0 Å². The number of allylic oxidation sites excluding steroid dienone is 4. The van der Waals surface area contributed by atoms with E-state index in [0.29, 0.717) is 6.04 Å². The summed E-state index contributed by atoms with van der Waals surface area (Å²) in [6, 6.07) is 10.6. The lowest BCUT2D eigenvalue weighted by atomic mass is 9.80. The highest BCUT2D eigenvalue weighted by Gasteiger charge is 2.29. The van der Waals surface area contributed by atoms with Gasteiger partial charge in [0.05, 0.1) is 6.04 Å². The zero-order valence-corrected chi connectivity index (χ0v) is 23.1. The first-order valence-electron chi connectivity index (χ1n) is 15.0. The average Bonchev–Trinajstić information content (AvgIpc) is 3.37. The number of likely N-dealkylation sites (tertiary alicyclic amines) is 1. The minimum Gasteiger partial charge on any atom is -0.384 e. The molecule has 1 aromatic rings. The number of nitrogens with one attached hydrogen (secondary N) is 4. The summed E-state index contributed by atoms with van der Waals surface area (Å²) in [4.78, 5) is 5.27. The van der Waals surface area contributed by atoms with Gasteiger partial charge in [-0.25, -0.2) is 0 Å². The fourth-order valence-electron chi connectivity index (χ4n) is 6.02. The lowest BCUT2D eigenvalue weighted by Gasteiger charge is -2.32. The maximum absolute atomic E-state index is 3.65. The summed E-state index contributed by atoms with van der Waals surface area (Å²) < 4.78 is 0. The molecule has 2 atom stereocenters. The van der Waals surface area contributed by atoms with E-state index in [9.17, 15) is 0 Å². The SMILES string of the molecule is C1=CCNC(CNCN(CCNCC2C=CC=CN2)Cc2ccc(CN3CCC[C@H]3CC3CCC3)cc2)=C1. The van der Waals surface area contributed by atoms with E-state index in [2.05, 4.69) is 85.7 Å². The zero-order chi connectivity index (χ0) is 25.8. The topological polar surface area (TPSA) is 54.6 Å². The predicted molar refractivity (Wildman–Crippen MR) is 158 cm³/mol. The smallest absolute Gasteiger partial charge is 0.0566 e. The third-order valence-electron chi connectivity index (χ3n) is 8.51. The molecule has 0 aromatic heterocycles. The molecule has 1 unspecified atom stereocenters. The van der Waals surface area contributed by atoms with Gasteiger partial charge in [-0.3, -0.25) is 15.1 Å². The molecule has 38 heavy (non-hydrogen) atoms. The summed E-state index contributed by atoms with van der Waals surface area (Å²) in [6.45, 7) is 8.92. The van der Waals surface area contributed by atoms with Crippen LogP contribution in [0.25, 0.3) is 0 Å². The van der Waals surface area contributed by atoms with E-state index < -0.39 is 0 Å². The van der Waals surface area contributed by atoms with Crippen LogP contribution in [0, 0.1) is 5.92 Å². The van der Waals surface area contributed by atoms with Gasteiger partial charge in [-0.1, -0.05) is 67.8 Å². The molecule has 6 heteroatoms. The molecule has 1 aromatic carbocycles. The molecule has 0 bridgehead atoms. The van der Waals surface area contributed by atoms with Gasteiger partial charge in [0.25, 0.3) is 0 Å². The van der Waals surface area contributed by atoms with E-state index in [1.54, 1.807) is 0 Å². The van der Waals surface area contributed by atoms with Crippen LogP contribution in [0.3, 0.4) is 0 Å². The Balaban J connectivity index is 1.10. The van der Waals surface area contributed by atoms with E-state index >= 15 is 0 Å². The van der Waals surface area contributed by atoms with Gasteiger partial charge in [0.15, 0.2) is 0 Å².